The van der Waals surface area contributed by atoms with Crippen molar-refractivity contribution in [1.82, 2.24) is 0 Å². The third kappa shape index (κ3) is 5.54. The maximum atomic E-state index is 9.76. The van der Waals surface area contributed by atoms with E-state index in [-0.39, 0.29) is 5.41 Å². The van der Waals surface area contributed by atoms with Crippen LogP contribution in [0.15, 0.2) is 12.3 Å². The maximum absolute atomic E-state index is 9.76. The van der Waals surface area contributed by atoms with Crippen molar-refractivity contribution in [2.45, 2.75) is 20.8 Å². The Hall–Kier alpha value is -0.460. The first kappa shape index (κ1) is 6.54. The van der Waals surface area contributed by atoms with Crippen LogP contribution in [0.2, 0.25) is 0 Å². The molecule has 0 rings (SSSR count). The average Bonchev–Trinajstić information content (AvgIpc) is 1.30. The molecule has 0 amide bonds. The van der Waals surface area contributed by atoms with E-state index in [1.54, 1.807) is 6.08 Å². The van der Waals surface area contributed by atoms with Gasteiger partial charge >= 0.3 is 0 Å². The third-order valence-corrected chi connectivity index (χ3v) is 0.568. The van der Waals surface area contributed by atoms with Gasteiger partial charge in [-0.1, -0.05) is 20.8 Å². The van der Waals surface area contributed by atoms with E-state index in [9.17, 15) is 5.11 Å². The summed E-state index contributed by atoms with van der Waals surface area (Å²) in [6.45, 7) is 5.96. The normalized spacial score (nSPS) is 13.0. The van der Waals surface area contributed by atoms with Crippen LogP contribution in [0.3, 0.4) is 0 Å². The molecule has 0 aliphatic heterocycles. The Morgan fingerprint density at radius 3 is 1.71 bits per heavy atom. The van der Waals surface area contributed by atoms with Crippen LogP contribution in [0.4, 0.5) is 0 Å². The molecule has 1 nitrogen and oxygen atoms in total. The summed E-state index contributed by atoms with van der Waals surface area (Å²) in [6.07, 6.45) is 2.47. The van der Waals surface area contributed by atoms with Gasteiger partial charge in [-0.25, -0.2) is 0 Å². The molecular weight excluding hydrogens is 88.1 g/mol. The van der Waals surface area contributed by atoms with Crippen LogP contribution in [-0.2, 0) is 5.11 Å². The van der Waals surface area contributed by atoms with E-state index in [1.807, 2.05) is 20.8 Å². The summed E-state index contributed by atoms with van der Waals surface area (Å²) in [4.78, 5) is 0. The lowest BCUT2D eigenvalue weighted by Gasteiger charge is -2.08. The average molecular weight is 99.2 g/mol. The van der Waals surface area contributed by atoms with Crippen LogP contribution in [0, 0.1) is 5.41 Å². The number of hydrogen-bond acceptors (Lipinski definition) is 0. The molecule has 1 heteroatoms. The summed E-state index contributed by atoms with van der Waals surface area (Å²) in [5.74, 6) is 0. The van der Waals surface area contributed by atoms with Crippen LogP contribution in [0.1, 0.15) is 20.8 Å². The lowest BCUT2D eigenvalue weighted by Crippen LogP contribution is -1.97. The van der Waals surface area contributed by atoms with Gasteiger partial charge in [0, 0.05) is 0 Å². The van der Waals surface area contributed by atoms with Crippen molar-refractivity contribution in [1.29, 1.82) is 0 Å². The van der Waals surface area contributed by atoms with Gasteiger partial charge in [0.1, 0.15) is 6.26 Å². The molecule has 0 aromatic heterocycles. The van der Waals surface area contributed by atoms with Crippen molar-refractivity contribution in [3.05, 3.63) is 12.3 Å². The van der Waals surface area contributed by atoms with Gasteiger partial charge in [-0.2, -0.15) is 0 Å². The molecule has 0 fully saturated rings. The quantitative estimate of drug-likeness (QED) is 0.414. The topological polar surface area (TPSA) is 19.9 Å². The monoisotopic (exact) mass is 99.1 g/mol. The number of allylic oxidation sites excluding steroid dienone is 1. The zero-order valence-electron chi connectivity index (χ0n) is 5.06. The second-order valence-electron chi connectivity index (χ2n) is 2.67. The van der Waals surface area contributed by atoms with Gasteiger partial charge in [0.15, 0.2) is 0 Å². The highest BCUT2D eigenvalue weighted by atomic mass is 16.2. The van der Waals surface area contributed by atoms with E-state index in [1.165, 1.54) is 0 Å². The smallest absolute Gasteiger partial charge is 0.139 e. The highest BCUT2D eigenvalue weighted by molar-refractivity contribution is 4.85. The molecule has 0 unspecified atom stereocenters. The Kier molecular flexibility index (Phi) is 1.88. The van der Waals surface area contributed by atoms with Crippen LogP contribution < -0.4 is 0 Å². The highest BCUT2D eigenvalue weighted by Gasteiger charge is 2.02. The van der Waals surface area contributed by atoms with Crippen molar-refractivity contribution in [3.63, 3.8) is 0 Å². The molecule has 0 atom stereocenters. The molecule has 0 heterocycles. The largest absolute Gasteiger partial charge is 0.299 e. The zero-order valence-corrected chi connectivity index (χ0v) is 5.06. The minimum absolute atomic E-state index is 0.0573. The summed E-state index contributed by atoms with van der Waals surface area (Å²) >= 11 is 0. The van der Waals surface area contributed by atoms with E-state index in [4.69, 9.17) is 0 Å². The van der Waals surface area contributed by atoms with E-state index in [2.05, 4.69) is 0 Å². The zero-order chi connectivity index (χ0) is 5.91. The Bertz CT molecular complexity index is 66.7. The molecule has 0 aliphatic carbocycles. The van der Waals surface area contributed by atoms with Crippen molar-refractivity contribution in [2.75, 3.05) is 0 Å². The van der Waals surface area contributed by atoms with Crippen LogP contribution in [0.5, 0.6) is 0 Å². The highest BCUT2D eigenvalue weighted by Crippen LogP contribution is 2.13. The lowest BCUT2D eigenvalue weighted by molar-refractivity contribution is 0.341. The first-order chi connectivity index (χ1) is 3.06. The summed E-state index contributed by atoms with van der Waals surface area (Å²) in [5.41, 5.74) is 0.0573. The predicted octanol–water partition coefficient (Wildman–Crippen LogP) is 1.98. The SMILES string of the molecule is CC(C)(C)/C=C/[O]. The maximum Gasteiger partial charge on any atom is 0.139 e. The van der Waals surface area contributed by atoms with Gasteiger partial charge in [0.2, 0.25) is 0 Å². The van der Waals surface area contributed by atoms with Gasteiger partial charge < -0.3 is 0 Å². The summed E-state index contributed by atoms with van der Waals surface area (Å²) < 4.78 is 0. The molecule has 7 heavy (non-hydrogen) atoms. The molecule has 0 N–H and O–H groups in total. The lowest BCUT2D eigenvalue weighted by atomic mass is 9.98. The predicted molar refractivity (Wildman–Crippen MR) is 29.3 cm³/mol. The molecule has 0 saturated carbocycles. The molecule has 0 aromatic carbocycles. The van der Waals surface area contributed by atoms with E-state index in [0.29, 0.717) is 0 Å². The second-order valence-corrected chi connectivity index (χ2v) is 2.67. The molecule has 0 bridgehead atoms. The first-order valence-corrected chi connectivity index (χ1v) is 2.36. The second kappa shape index (κ2) is 2.01. The van der Waals surface area contributed by atoms with Crippen molar-refractivity contribution in [3.8, 4) is 0 Å². The van der Waals surface area contributed by atoms with E-state index < -0.39 is 0 Å². The number of rotatable bonds is 0. The fourth-order valence-corrected chi connectivity index (χ4v) is 0.204. The Labute approximate surface area is 44.7 Å². The van der Waals surface area contributed by atoms with Crippen molar-refractivity contribution in [2.24, 2.45) is 5.41 Å². The van der Waals surface area contributed by atoms with Crippen molar-refractivity contribution >= 4 is 0 Å². The van der Waals surface area contributed by atoms with E-state index >= 15 is 0 Å². The molecule has 0 aliphatic rings. The van der Waals surface area contributed by atoms with Crippen LogP contribution >= 0.6 is 0 Å². The summed E-state index contributed by atoms with van der Waals surface area (Å²) in [5, 5.41) is 9.76. The molecule has 0 aromatic rings. The van der Waals surface area contributed by atoms with Gasteiger partial charge in [0.05, 0.1) is 0 Å². The minimum atomic E-state index is 0.0573. The number of hydrogen-bond donors (Lipinski definition) is 0. The van der Waals surface area contributed by atoms with Gasteiger partial charge in [-0.3, -0.25) is 5.11 Å². The fourth-order valence-electron chi connectivity index (χ4n) is 0.204. The summed E-state index contributed by atoms with van der Waals surface area (Å²) in [6, 6.07) is 0. The van der Waals surface area contributed by atoms with Crippen molar-refractivity contribution < 1.29 is 5.11 Å². The fraction of sp³-hybridized carbons (Fsp3) is 0.667. The van der Waals surface area contributed by atoms with E-state index in [0.717, 1.165) is 6.26 Å². The Morgan fingerprint density at radius 2 is 1.71 bits per heavy atom. The van der Waals surface area contributed by atoms with Gasteiger partial charge in [0.25, 0.3) is 0 Å². The van der Waals surface area contributed by atoms with Crippen LogP contribution in [-0.4, -0.2) is 0 Å². The third-order valence-electron chi connectivity index (χ3n) is 0.568. The molecule has 41 valence electrons. The Balaban J connectivity index is 3.56. The molecule has 0 spiro atoms. The standard InChI is InChI=1S/C6H11O/c1-6(2,3)4-5-7/h4-5H,1-3H3/b5-4+. The minimum Gasteiger partial charge on any atom is -0.299 e. The molecule has 0 saturated heterocycles. The van der Waals surface area contributed by atoms with Gasteiger partial charge in [-0.15, -0.1) is 0 Å². The van der Waals surface area contributed by atoms with Crippen LogP contribution in [0.25, 0.3) is 0 Å². The summed E-state index contributed by atoms with van der Waals surface area (Å²) in [7, 11) is 0. The van der Waals surface area contributed by atoms with Gasteiger partial charge in [-0.05, 0) is 11.5 Å². The first-order valence-electron chi connectivity index (χ1n) is 2.36. The molecule has 1 radical (unpaired) electrons. The molecular formula is C6H11O. The Morgan fingerprint density at radius 1 is 1.29 bits per heavy atom.